The van der Waals surface area contributed by atoms with E-state index in [9.17, 15) is 18.7 Å². The highest BCUT2D eigenvalue weighted by atomic mass is 35.5. The number of benzene rings is 2. The highest BCUT2D eigenvalue weighted by Gasteiger charge is 2.43. The number of carbonyl (C=O) groups is 1. The number of aliphatic hydroxyl groups is 1. The van der Waals surface area contributed by atoms with Gasteiger partial charge in [-0.15, -0.1) is 0 Å². The second-order valence-corrected chi connectivity index (χ2v) is 7.91. The minimum absolute atomic E-state index is 0.0950. The Balaban J connectivity index is 2.00. The highest BCUT2D eigenvalue weighted by molar-refractivity contribution is 6.35. The van der Waals surface area contributed by atoms with Crippen LogP contribution in [0, 0.1) is 5.82 Å². The number of methoxy groups -OCH3 is 1. The summed E-state index contributed by atoms with van der Waals surface area (Å²) in [5, 5.41) is 13.9. The predicted molar refractivity (Wildman–Crippen MR) is 108 cm³/mol. The van der Waals surface area contributed by atoms with Gasteiger partial charge in [0.2, 0.25) is 0 Å². The molecule has 3 rings (SSSR count). The lowest BCUT2D eigenvalue weighted by Gasteiger charge is -2.41. The molecule has 0 bridgehead atoms. The van der Waals surface area contributed by atoms with E-state index in [1.165, 1.54) is 31.4 Å². The largest absolute Gasteiger partial charge is 0.495 e. The van der Waals surface area contributed by atoms with Crippen LogP contribution in [-0.2, 0) is 0 Å². The molecule has 0 heterocycles. The van der Waals surface area contributed by atoms with Gasteiger partial charge in [0.25, 0.3) is 5.91 Å². The van der Waals surface area contributed by atoms with Gasteiger partial charge in [-0.1, -0.05) is 41.4 Å². The number of carbonyl (C=O) groups excluding carboxylic acids is 1. The van der Waals surface area contributed by atoms with Crippen molar-refractivity contribution in [2.75, 3.05) is 7.11 Å². The first-order valence-corrected chi connectivity index (χ1v) is 9.96. The van der Waals surface area contributed by atoms with Crippen LogP contribution in [0.2, 0.25) is 10.0 Å². The third kappa shape index (κ3) is 4.49. The molecule has 1 aliphatic rings. The number of ether oxygens (including phenoxy) is 1. The third-order valence-corrected chi connectivity index (χ3v) is 6.10. The lowest BCUT2D eigenvalue weighted by molar-refractivity contribution is -0.0445. The molecule has 8 heteroatoms. The normalized spacial score (nSPS) is 22.8. The molecule has 4 nitrogen and oxygen atoms in total. The quantitative estimate of drug-likeness (QED) is 0.662. The van der Waals surface area contributed by atoms with Crippen molar-refractivity contribution in [3.05, 3.63) is 63.4 Å². The molecule has 2 N–H and O–H groups in total. The van der Waals surface area contributed by atoms with E-state index in [0.717, 1.165) is 0 Å². The van der Waals surface area contributed by atoms with Crippen LogP contribution in [0.1, 0.15) is 47.6 Å². The molecule has 0 radical (unpaired) electrons. The van der Waals surface area contributed by atoms with Gasteiger partial charge in [-0.05, 0) is 49.4 Å². The highest BCUT2D eigenvalue weighted by Crippen LogP contribution is 2.42. The molecular formula is C21H21Cl2F2NO3. The maximum atomic E-state index is 14.1. The van der Waals surface area contributed by atoms with Gasteiger partial charge < -0.3 is 15.2 Å². The topological polar surface area (TPSA) is 58.6 Å². The Kier molecular flexibility index (Phi) is 6.66. The molecule has 1 saturated carbocycles. The maximum absolute atomic E-state index is 14.1. The number of amides is 1. The minimum Gasteiger partial charge on any atom is -0.495 e. The van der Waals surface area contributed by atoms with Crippen LogP contribution in [0.3, 0.4) is 0 Å². The van der Waals surface area contributed by atoms with Crippen molar-refractivity contribution in [3.8, 4) is 5.75 Å². The summed E-state index contributed by atoms with van der Waals surface area (Å²) < 4.78 is 32.9. The van der Waals surface area contributed by atoms with Gasteiger partial charge in [0, 0.05) is 0 Å². The molecule has 1 aliphatic carbocycles. The van der Waals surface area contributed by atoms with E-state index in [-0.39, 0.29) is 46.9 Å². The molecule has 0 saturated heterocycles. The second-order valence-electron chi connectivity index (χ2n) is 7.15. The van der Waals surface area contributed by atoms with Gasteiger partial charge in [0.05, 0.1) is 34.4 Å². The fourth-order valence-corrected chi connectivity index (χ4v) is 4.19. The Morgan fingerprint density at radius 1 is 1.21 bits per heavy atom. The van der Waals surface area contributed by atoms with Gasteiger partial charge in [0.15, 0.2) is 0 Å². The number of hydrogen-bond donors (Lipinski definition) is 2. The lowest BCUT2D eigenvalue weighted by Crippen LogP contribution is -2.48. The van der Waals surface area contributed by atoms with Crippen LogP contribution in [-0.4, -0.2) is 29.9 Å². The fourth-order valence-electron chi connectivity index (χ4n) is 3.67. The summed E-state index contributed by atoms with van der Waals surface area (Å²) in [7, 11) is 1.43. The average molecular weight is 444 g/mol. The number of rotatable bonds is 5. The standard InChI is InChI=1S/C21H21Cl2F2NO3/c1-29-16-7-3-5-14(18(16)23)20(27)26-19(13-4-2-6-15(25)17(13)22)21(28)10-8-12(24)9-11-21/h2-7,12,19,28H,8-11H2,1H3,(H,26,27)/t12-,19?,21+. The van der Waals surface area contributed by atoms with Crippen LogP contribution in [0.25, 0.3) is 0 Å². The van der Waals surface area contributed by atoms with Crippen molar-refractivity contribution < 1.29 is 23.4 Å². The summed E-state index contributed by atoms with van der Waals surface area (Å²) in [6.45, 7) is 0. The molecule has 156 valence electrons. The van der Waals surface area contributed by atoms with Crippen LogP contribution < -0.4 is 10.1 Å². The minimum atomic E-state index is -1.49. The van der Waals surface area contributed by atoms with Gasteiger partial charge in [-0.25, -0.2) is 8.78 Å². The van der Waals surface area contributed by atoms with E-state index in [0.29, 0.717) is 5.75 Å². The first-order chi connectivity index (χ1) is 13.8. The summed E-state index contributed by atoms with van der Waals surface area (Å²) in [6, 6.07) is 7.83. The van der Waals surface area contributed by atoms with E-state index in [1.807, 2.05) is 0 Å². The molecule has 0 aromatic heterocycles. The van der Waals surface area contributed by atoms with Crippen LogP contribution >= 0.6 is 23.2 Å². The number of nitrogens with one attached hydrogen (secondary N) is 1. The molecule has 2 aromatic rings. The van der Waals surface area contributed by atoms with Gasteiger partial charge in [-0.3, -0.25) is 4.79 Å². The molecule has 2 aromatic carbocycles. The third-order valence-electron chi connectivity index (χ3n) is 5.31. The summed E-state index contributed by atoms with van der Waals surface area (Å²) in [4.78, 5) is 13.0. The molecule has 0 aliphatic heterocycles. The molecule has 1 fully saturated rings. The Morgan fingerprint density at radius 2 is 1.86 bits per heavy atom. The predicted octanol–water partition coefficient (Wildman–Crippen LogP) is 5.26. The Labute approximate surface area is 177 Å². The van der Waals surface area contributed by atoms with Crippen molar-refractivity contribution in [2.45, 2.75) is 43.5 Å². The van der Waals surface area contributed by atoms with E-state index in [4.69, 9.17) is 27.9 Å². The molecule has 29 heavy (non-hydrogen) atoms. The molecule has 1 unspecified atom stereocenters. The summed E-state index contributed by atoms with van der Waals surface area (Å²) in [5.74, 6) is -0.947. The maximum Gasteiger partial charge on any atom is 0.253 e. The number of halogens is 4. The SMILES string of the molecule is COc1cccc(C(=O)NC(c2cccc(F)c2Cl)[C@]2(O)CC[C@@H](F)CC2)c1Cl. The average Bonchev–Trinajstić information content (AvgIpc) is 2.71. The van der Waals surface area contributed by atoms with Crippen LogP contribution in [0.4, 0.5) is 8.78 Å². The fraction of sp³-hybridized carbons (Fsp3) is 0.381. The van der Waals surface area contributed by atoms with Crippen molar-refractivity contribution in [1.29, 1.82) is 0 Å². The monoisotopic (exact) mass is 443 g/mol. The number of hydrogen-bond acceptors (Lipinski definition) is 3. The summed E-state index contributed by atoms with van der Waals surface area (Å²) in [5.41, 5.74) is -1.13. The van der Waals surface area contributed by atoms with Gasteiger partial charge >= 0.3 is 0 Å². The zero-order chi connectivity index (χ0) is 21.2. The number of alkyl halides is 1. The van der Waals surface area contributed by atoms with E-state index < -0.39 is 29.5 Å². The Bertz CT molecular complexity index is 901. The Morgan fingerprint density at radius 3 is 2.52 bits per heavy atom. The van der Waals surface area contributed by atoms with Gasteiger partial charge in [0.1, 0.15) is 17.7 Å². The summed E-state index contributed by atoms with van der Waals surface area (Å²) in [6.07, 6.45) is -0.566. The van der Waals surface area contributed by atoms with E-state index >= 15 is 0 Å². The summed E-state index contributed by atoms with van der Waals surface area (Å²) >= 11 is 12.4. The van der Waals surface area contributed by atoms with Crippen molar-refractivity contribution in [3.63, 3.8) is 0 Å². The van der Waals surface area contributed by atoms with Crippen molar-refractivity contribution in [2.24, 2.45) is 0 Å². The van der Waals surface area contributed by atoms with E-state index in [2.05, 4.69) is 5.32 Å². The first-order valence-electron chi connectivity index (χ1n) is 9.20. The Hall–Kier alpha value is -1.89. The molecule has 0 spiro atoms. The van der Waals surface area contributed by atoms with E-state index in [1.54, 1.807) is 12.1 Å². The first kappa shape index (κ1) is 21.8. The van der Waals surface area contributed by atoms with Crippen LogP contribution in [0.5, 0.6) is 5.75 Å². The zero-order valence-electron chi connectivity index (χ0n) is 15.7. The zero-order valence-corrected chi connectivity index (χ0v) is 17.2. The van der Waals surface area contributed by atoms with Crippen molar-refractivity contribution in [1.82, 2.24) is 5.32 Å². The molecule has 1 amide bonds. The second kappa shape index (κ2) is 8.86. The molecular weight excluding hydrogens is 423 g/mol. The lowest BCUT2D eigenvalue weighted by atomic mass is 9.76. The smallest absolute Gasteiger partial charge is 0.253 e. The van der Waals surface area contributed by atoms with Gasteiger partial charge in [-0.2, -0.15) is 0 Å². The van der Waals surface area contributed by atoms with Crippen LogP contribution in [0.15, 0.2) is 36.4 Å². The molecule has 1 atom stereocenters. The van der Waals surface area contributed by atoms with Crippen molar-refractivity contribution >= 4 is 29.1 Å².